The SMILES string of the molecule is CC1=C2/C=c3\[nH]/c(c(C)c3C)=C\C3N/C(=C4/CC(=O)c5c4[nH]c(c5C)/C=C(\N2)C1C)[C@@H](C)[C@@H]3C. The molecule has 34 heavy (non-hydrogen) atoms. The molecule has 2 aromatic heterocycles. The van der Waals surface area contributed by atoms with E-state index in [4.69, 9.17) is 0 Å². The number of nitrogens with one attached hydrogen (secondary N) is 4. The fourth-order valence-electron chi connectivity index (χ4n) is 6.14. The number of carbonyl (C=O) groups is 1. The van der Waals surface area contributed by atoms with Crippen LogP contribution in [-0.2, 0) is 0 Å². The van der Waals surface area contributed by atoms with Gasteiger partial charge in [-0.2, -0.15) is 0 Å². The second-order valence-corrected chi connectivity index (χ2v) is 10.8. The summed E-state index contributed by atoms with van der Waals surface area (Å²) < 4.78 is 0. The molecule has 5 heteroatoms. The molecule has 5 heterocycles. The number of ketones is 1. The van der Waals surface area contributed by atoms with Crippen molar-refractivity contribution >= 4 is 29.6 Å². The summed E-state index contributed by atoms with van der Waals surface area (Å²) in [6.07, 6.45) is 7.28. The van der Waals surface area contributed by atoms with Crippen molar-refractivity contribution in [1.82, 2.24) is 20.6 Å². The largest absolute Gasteiger partial charge is 0.381 e. The Balaban J connectivity index is 1.65. The highest BCUT2D eigenvalue weighted by molar-refractivity contribution is 6.13. The van der Waals surface area contributed by atoms with E-state index in [1.165, 1.54) is 27.7 Å². The third kappa shape index (κ3) is 2.82. The van der Waals surface area contributed by atoms with Gasteiger partial charge in [0.2, 0.25) is 0 Å². The van der Waals surface area contributed by atoms with Crippen molar-refractivity contribution in [2.75, 3.05) is 0 Å². The number of H-pyrrole nitrogens is 2. The van der Waals surface area contributed by atoms with Crippen molar-refractivity contribution in [3.8, 4) is 0 Å². The van der Waals surface area contributed by atoms with Gasteiger partial charge in [0.1, 0.15) is 0 Å². The molecule has 6 rings (SSSR count). The van der Waals surface area contributed by atoms with Crippen molar-refractivity contribution in [2.45, 2.75) is 60.9 Å². The molecule has 4 aliphatic rings. The highest BCUT2D eigenvalue weighted by Crippen LogP contribution is 2.43. The molecule has 2 unspecified atom stereocenters. The maximum atomic E-state index is 13.1. The van der Waals surface area contributed by atoms with Crippen LogP contribution >= 0.6 is 0 Å². The summed E-state index contributed by atoms with van der Waals surface area (Å²) >= 11 is 0. The first-order valence-corrected chi connectivity index (χ1v) is 12.5. The maximum Gasteiger partial charge on any atom is 0.169 e. The highest BCUT2D eigenvalue weighted by atomic mass is 16.1. The standard InChI is InChI=1S/C29H34N4O/c1-12-14(3)22-10-24-16(5)17(6)28(32-24)19-8-26(34)27-18(7)25(33-29(19)27)11-23-15(4)13(2)21(31-23)9-20(12)30-22/h9-11,15-17,24,30-33H,8H2,1-7H3/b20-9-,22-10-,23-11-,28-19-/t15?,16-,17-,24?/m0/s1. The van der Waals surface area contributed by atoms with E-state index in [0.717, 1.165) is 44.8 Å². The van der Waals surface area contributed by atoms with Gasteiger partial charge < -0.3 is 20.6 Å². The van der Waals surface area contributed by atoms with E-state index in [0.29, 0.717) is 18.3 Å². The van der Waals surface area contributed by atoms with Crippen LogP contribution in [0.2, 0.25) is 0 Å². The Morgan fingerprint density at radius 3 is 2.41 bits per heavy atom. The van der Waals surface area contributed by atoms with Gasteiger partial charge in [0.05, 0.1) is 5.69 Å². The predicted molar refractivity (Wildman–Crippen MR) is 138 cm³/mol. The lowest BCUT2D eigenvalue weighted by Gasteiger charge is -2.12. The second kappa shape index (κ2) is 7.14. The van der Waals surface area contributed by atoms with Crippen LogP contribution in [0.4, 0.5) is 0 Å². The van der Waals surface area contributed by atoms with E-state index in [-0.39, 0.29) is 17.7 Å². The normalized spacial score (nSPS) is 33.1. The third-order valence-corrected chi connectivity index (χ3v) is 9.06. The Morgan fingerprint density at radius 2 is 1.65 bits per heavy atom. The first kappa shape index (κ1) is 21.3. The van der Waals surface area contributed by atoms with Crippen molar-refractivity contribution in [3.63, 3.8) is 0 Å². The number of rotatable bonds is 0. The number of fused-ring (bicyclic) bond motifs is 7. The molecular formula is C29H34N4O. The van der Waals surface area contributed by atoms with E-state index in [1.807, 2.05) is 0 Å². The molecule has 1 saturated heterocycles. The molecule has 0 amide bonds. The Morgan fingerprint density at radius 1 is 0.912 bits per heavy atom. The van der Waals surface area contributed by atoms with Gasteiger partial charge in [-0.05, 0) is 74.1 Å². The van der Waals surface area contributed by atoms with Crippen molar-refractivity contribution < 1.29 is 4.79 Å². The summed E-state index contributed by atoms with van der Waals surface area (Å²) in [6.45, 7) is 15.5. The predicted octanol–water partition coefficient (Wildman–Crippen LogP) is 3.94. The maximum absolute atomic E-state index is 13.1. The number of Topliss-reactive ketones (excluding diaryl/α,β-unsaturated/α-hetero) is 1. The average molecular weight is 455 g/mol. The van der Waals surface area contributed by atoms with Gasteiger partial charge in [0.25, 0.3) is 0 Å². The van der Waals surface area contributed by atoms with Crippen molar-refractivity contribution in [3.05, 3.63) is 67.0 Å². The van der Waals surface area contributed by atoms with E-state index < -0.39 is 0 Å². The van der Waals surface area contributed by atoms with Gasteiger partial charge in [-0.25, -0.2) is 0 Å². The second-order valence-electron chi connectivity index (χ2n) is 10.8. The van der Waals surface area contributed by atoms with Gasteiger partial charge >= 0.3 is 0 Å². The zero-order valence-corrected chi connectivity index (χ0v) is 21.2. The summed E-state index contributed by atoms with van der Waals surface area (Å²) in [6, 6.07) is 0.210. The monoisotopic (exact) mass is 454 g/mol. The van der Waals surface area contributed by atoms with Crippen molar-refractivity contribution in [1.29, 1.82) is 0 Å². The minimum atomic E-state index is 0.210. The fourth-order valence-corrected chi connectivity index (χ4v) is 6.14. The molecule has 2 aromatic rings. The first-order valence-electron chi connectivity index (χ1n) is 12.5. The van der Waals surface area contributed by atoms with E-state index in [2.05, 4.69) is 87.3 Å². The summed E-state index contributed by atoms with van der Waals surface area (Å²) in [5, 5.41) is 9.83. The lowest BCUT2D eigenvalue weighted by molar-refractivity contribution is 0.100. The molecule has 0 aromatic carbocycles. The lowest BCUT2D eigenvalue weighted by atomic mass is 9.90. The summed E-state index contributed by atoms with van der Waals surface area (Å²) in [7, 11) is 0. The molecule has 5 nitrogen and oxygen atoms in total. The molecular weight excluding hydrogens is 420 g/mol. The number of allylic oxidation sites excluding steroid dienone is 4. The van der Waals surface area contributed by atoms with Gasteiger partial charge in [-0.15, -0.1) is 0 Å². The molecule has 8 bridgehead atoms. The molecule has 0 saturated carbocycles. The van der Waals surface area contributed by atoms with Crippen LogP contribution in [-0.4, -0.2) is 21.8 Å². The van der Waals surface area contributed by atoms with Crippen molar-refractivity contribution in [2.24, 2.45) is 17.8 Å². The summed E-state index contributed by atoms with van der Waals surface area (Å²) in [4.78, 5) is 20.5. The number of aromatic nitrogens is 2. The zero-order chi connectivity index (χ0) is 24.0. The summed E-state index contributed by atoms with van der Waals surface area (Å²) in [5.74, 6) is 1.29. The number of aromatic amines is 2. The molecule has 176 valence electrons. The van der Waals surface area contributed by atoms with Gasteiger partial charge in [0.15, 0.2) is 5.78 Å². The Bertz CT molecular complexity index is 1490. The zero-order valence-electron chi connectivity index (χ0n) is 21.2. The van der Waals surface area contributed by atoms with Gasteiger partial charge in [-0.1, -0.05) is 20.8 Å². The Hall–Kier alpha value is -3.21. The quantitative estimate of drug-likeness (QED) is 0.487. The van der Waals surface area contributed by atoms with Gasteiger partial charge in [-0.3, -0.25) is 4.79 Å². The van der Waals surface area contributed by atoms with Crippen LogP contribution in [0.1, 0.15) is 72.6 Å². The van der Waals surface area contributed by atoms with Crippen LogP contribution in [0.5, 0.6) is 0 Å². The highest BCUT2D eigenvalue weighted by Gasteiger charge is 2.39. The molecule has 4 N–H and O–H groups in total. The molecule has 1 fully saturated rings. The van der Waals surface area contributed by atoms with Crippen LogP contribution < -0.4 is 21.3 Å². The molecule has 3 aliphatic heterocycles. The Labute approximate surface area is 200 Å². The molecule has 0 radical (unpaired) electrons. The summed E-state index contributed by atoms with van der Waals surface area (Å²) in [5.41, 5.74) is 12.5. The lowest BCUT2D eigenvalue weighted by Crippen LogP contribution is -2.27. The molecule has 1 aliphatic carbocycles. The van der Waals surface area contributed by atoms with Crippen LogP contribution in [0, 0.1) is 38.5 Å². The third-order valence-electron chi connectivity index (χ3n) is 9.06. The molecule has 0 spiro atoms. The average Bonchev–Trinajstić information content (AvgIpc) is 3.52. The van der Waals surface area contributed by atoms with Crippen LogP contribution in [0.3, 0.4) is 0 Å². The minimum absolute atomic E-state index is 0.210. The Kier molecular flexibility index (Phi) is 4.48. The smallest absolute Gasteiger partial charge is 0.169 e. The van der Waals surface area contributed by atoms with E-state index in [1.54, 1.807) is 0 Å². The topological polar surface area (TPSA) is 72.7 Å². The number of carbonyl (C=O) groups excluding carboxylic acids is 1. The number of hydrogen-bond donors (Lipinski definition) is 4. The fraction of sp³-hybridized carbons (Fsp3) is 0.414. The van der Waals surface area contributed by atoms with E-state index in [9.17, 15) is 4.79 Å². The minimum Gasteiger partial charge on any atom is -0.381 e. The first-order chi connectivity index (χ1) is 16.2. The van der Waals surface area contributed by atoms with Crippen LogP contribution in [0.25, 0.3) is 23.8 Å². The van der Waals surface area contributed by atoms with Crippen LogP contribution in [0.15, 0.2) is 22.7 Å². The molecule has 4 atom stereocenters. The number of hydrogen-bond acceptors (Lipinski definition) is 3. The van der Waals surface area contributed by atoms with E-state index >= 15 is 0 Å². The van der Waals surface area contributed by atoms with Gasteiger partial charge in [0, 0.05) is 68.9 Å².